The van der Waals surface area contributed by atoms with Crippen LogP contribution in [0.5, 0.6) is 0 Å². The summed E-state index contributed by atoms with van der Waals surface area (Å²) in [4.78, 5) is 11.7. The number of fused-ring (bicyclic) bond motifs is 1. The number of urea groups is 1. The largest absolute Gasteiger partial charge is 0.427 e. The lowest BCUT2D eigenvalue weighted by atomic mass is 9.86. The highest BCUT2D eigenvalue weighted by molar-refractivity contribution is 9.10. The molecule has 0 aromatic heterocycles. The van der Waals surface area contributed by atoms with Crippen molar-refractivity contribution in [3.05, 3.63) is 28.2 Å². The Hall–Kier alpha value is -2.12. The van der Waals surface area contributed by atoms with Gasteiger partial charge in [-0.05, 0) is 42.7 Å². The summed E-state index contributed by atoms with van der Waals surface area (Å²) in [6.45, 7) is 0. The molecule has 3 nitrogen and oxygen atoms in total. The molecule has 1 fully saturated rings. The van der Waals surface area contributed by atoms with Crippen LogP contribution in [0.1, 0.15) is 18.4 Å². The van der Waals surface area contributed by atoms with Crippen molar-refractivity contribution in [2.45, 2.75) is 24.6 Å². The summed E-state index contributed by atoms with van der Waals surface area (Å²) in [5.41, 5.74) is -2.87. The van der Waals surface area contributed by atoms with E-state index in [4.69, 9.17) is 0 Å². The second kappa shape index (κ2) is 5.50. The van der Waals surface area contributed by atoms with Crippen molar-refractivity contribution >= 4 is 27.6 Å². The van der Waals surface area contributed by atoms with E-state index in [2.05, 4.69) is 44.9 Å². The number of carbonyl (C=O) groups excluding carboxylic acids is 1. The zero-order valence-corrected chi connectivity index (χ0v) is 13.2. The molecule has 0 bridgehead atoms. The Kier molecular flexibility index (Phi) is 3.77. The van der Waals surface area contributed by atoms with Crippen molar-refractivity contribution in [1.29, 1.82) is 0 Å². The van der Waals surface area contributed by atoms with E-state index in [-0.39, 0.29) is 17.2 Å². The molecule has 1 saturated carbocycles. The molecule has 2 amide bonds. The van der Waals surface area contributed by atoms with Crippen molar-refractivity contribution in [3.8, 4) is 23.7 Å². The Labute approximate surface area is 139 Å². The number of anilines is 1. The van der Waals surface area contributed by atoms with Crippen LogP contribution in [0.15, 0.2) is 22.7 Å². The van der Waals surface area contributed by atoms with Crippen LogP contribution in [0.4, 0.5) is 23.7 Å². The van der Waals surface area contributed by atoms with Crippen molar-refractivity contribution in [3.63, 3.8) is 0 Å². The van der Waals surface area contributed by atoms with Gasteiger partial charge in [-0.3, -0.25) is 0 Å². The number of rotatable bonds is 0. The summed E-state index contributed by atoms with van der Waals surface area (Å²) < 4.78 is 41.8. The highest BCUT2D eigenvalue weighted by Gasteiger charge is 2.59. The number of hydrogen-bond acceptors (Lipinski definition) is 1. The molecule has 2 N–H and O–H groups in total. The number of carbonyl (C=O) groups is 1. The lowest BCUT2D eigenvalue weighted by molar-refractivity contribution is -0.178. The first-order valence-corrected chi connectivity index (χ1v) is 7.60. The quantitative estimate of drug-likeness (QED) is 0.659. The summed E-state index contributed by atoms with van der Waals surface area (Å²) >= 11 is 3.17. The van der Waals surface area contributed by atoms with Gasteiger partial charge in [-0.15, -0.1) is 0 Å². The molecule has 1 aromatic rings. The molecule has 0 radical (unpaired) electrons. The summed E-state index contributed by atoms with van der Waals surface area (Å²) in [5, 5.41) is 4.28. The molecular weight excluding hydrogens is 373 g/mol. The van der Waals surface area contributed by atoms with E-state index in [9.17, 15) is 18.0 Å². The molecule has 1 atom stereocenters. The van der Waals surface area contributed by atoms with Crippen molar-refractivity contribution in [2.24, 2.45) is 5.92 Å². The average Bonchev–Trinajstić information content (AvgIpc) is 3.25. The third-order valence-electron chi connectivity index (χ3n) is 3.53. The predicted octanol–water partition coefficient (Wildman–Crippen LogP) is 3.76. The molecule has 2 aliphatic rings. The van der Waals surface area contributed by atoms with E-state index in [1.54, 1.807) is 0 Å². The molecule has 0 saturated heterocycles. The number of alkyl halides is 3. The molecule has 3 rings (SSSR count). The summed E-state index contributed by atoms with van der Waals surface area (Å²) in [5.74, 6) is 9.87. The first kappa shape index (κ1) is 15.8. The Morgan fingerprint density at radius 2 is 2.00 bits per heavy atom. The number of nitrogens with one attached hydrogen (secondary N) is 2. The van der Waals surface area contributed by atoms with Crippen molar-refractivity contribution in [2.75, 3.05) is 5.32 Å². The van der Waals surface area contributed by atoms with E-state index in [1.807, 2.05) is 5.32 Å². The van der Waals surface area contributed by atoms with Crippen LogP contribution in [0.25, 0.3) is 0 Å². The normalized spacial score (nSPS) is 22.5. The molecule has 118 valence electrons. The average molecular weight is 383 g/mol. The highest BCUT2D eigenvalue weighted by Crippen LogP contribution is 2.44. The number of halogens is 4. The molecule has 1 heterocycles. The van der Waals surface area contributed by atoms with Gasteiger partial charge in [0.2, 0.25) is 5.54 Å². The Balaban J connectivity index is 2.13. The minimum absolute atomic E-state index is 0.0601. The maximum atomic E-state index is 13.7. The molecule has 1 aliphatic carbocycles. The molecular formula is C16H10BrF3N2O. The van der Waals surface area contributed by atoms with E-state index < -0.39 is 17.7 Å². The van der Waals surface area contributed by atoms with Gasteiger partial charge in [0.15, 0.2) is 0 Å². The third kappa shape index (κ3) is 3.02. The zero-order valence-electron chi connectivity index (χ0n) is 11.6. The maximum Gasteiger partial charge on any atom is 0.427 e. The third-order valence-corrected chi connectivity index (χ3v) is 4.02. The number of amides is 2. The van der Waals surface area contributed by atoms with Gasteiger partial charge in [-0.25, -0.2) is 4.79 Å². The smallest absolute Gasteiger partial charge is 0.310 e. The van der Waals surface area contributed by atoms with Gasteiger partial charge in [0.05, 0.1) is 5.69 Å². The minimum atomic E-state index is -4.79. The van der Waals surface area contributed by atoms with Gasteiger partial charge in [0, 0.05) is 16.0 Å². The molecule has 1 aromatic carbocycles. The minimum Gasteiger partial charge on any atom is -0.310 e. The molecule has 0 unspecified atom stereocenters. The Morgan fingerprint density at radius 3 is 2.65 bits per heavy atom. The van der Waals surface area contributed by atoms with Gasteiger partial charge < -0.3 is 10.6 Å². The van der Waals surface area contributed by atoms with Crippen LogP contribution in [0, 0.1) is 29.6 Å². The molecule has 23 heavy (non-hydrogen) atoms. The second-order valence-electron chi connectivity index (χ2n) is 5.31. The lowest BCUT2D eigenvalue weighted by Crippen LogP contribution is -2.59. The van der Waals surface area contributed by atoms with E-state index in [1.165, 1.54) is 18.2 Å². The van der Waals surface area contributed by atoms with E-state index >= 15 is 0 Å². The number of benzene rings is 1. The van der Waals surface area contributed by atoms with Crippen LogP contribution in [-0.2, 0) is 5.54 Å². The van der Waals surface area contributed by atoms with Crippen LogP contribution in [0.3, 0.4) is 0 Å². The first-order valence-electron chi connectivity index (χ1n) is 6.80. The van der Waals surface area contributed by atoms with Gasteiger partial charge in [0.25, 0.3) is 0 Å². The van der Waals surface area contributed by atoms with Crippen molar-refractivity contribution in [1.82, 2.24) is 5.32 Å². The van der Waals surface area contributed by atoms with Gasteiger partial charge in [-0.2, -0.15) is 13.2 Å². The number of hydrogen-bond donors (Lipinski definition) is 2. The molecule has 1 aliphatic heterocycles. The lowest BCUT2D eigenvalue weighted by Gasteiger charge is -2.37. The molecule has 0 spiro atoms. The monoisotopic (exact) mass is 382 g/mol. The van der Waals surface area contributed by atoms with Crippen LogP contribution < -0.4 is 10.6 Å². The zero-order chi connectivity index (χ0) is 16.7. The van der Waals surface area contributed by atoms with Crippen LogP contribution >= 0.6 is 15.9 Å². The fraction of sp³-hybridized carbons (Fsp3) is 0.312. The fourth-order valence-corrected chi connectivity index (χ4v) is 2.58. The summed E-state index contributed by atoms with van der Waals surface area (Å²) in [7, 11) is 0. The topological polar surface area (TPSA) is 41.1 Å². The molecule has 7 heteroatoms. The maximum absolute atomic E-state index is 13.7. The first-order chi connectivity index (χ1) is 10.8. The summed E-state index contributed by atoms with van der Waals surface area (Å²) in [6, 6.07) is 3.20. The second-order valence-corrected chi connectivity index (χ2v) is 6.23. The fourth-order valence-electron chi connectivity index (χ4n) is 2.22. The Morgan fingerprint density at radius 1 is 1.26 bits per heavy atom. The van der Waals surface area contributed by atoms with Crippen LogP contribution in [-0.4, -0.2) is 12.2 Å². The van der Waals surface area contributed by atoms with E-state index in [0.29, 0.717) is 4.47 Å². The summed E-state index contributed by atoms with van der Waals surface area (Å²) in [6.07, 6.45) is -2.88. The van der Waals surface area contributed by atoms with Gasteiger partial charge >= 0.3 is 12.2 Å². The van der Waals surface area contributed by atoms with Gasteiger partial charge in [0.1, 0.15) is 0 Å². The standard InChI is InChI=1S/C16H10BrF3N2O/c17-11-6-7-12-13(9-11)21-14(23)22-15(12,16(18,19)20)8-2-1-3-10-4-5-10/h6-7,9-10H,4-5H2,(H2,21,22,23)/t15-/m0/s1. The van der Waals surface area contributed by atoms with Crippen molar-refractivity contribution < 1.29 is 18.0 Å². The SMILES string of the molecule is O=C1Nc2cc(Br)ccc2[C@@](C#CC#CC2CC2)(C(F)(F)F)N1. The highest BCUT2D eigenvalue weighted by atomic mass is 79.9. The predicted molar refractivity (Wildman–Crippen MR) is 82.3 cm³/mol. The Bertz CT molecular complexity index is 794. The van der Waals surface area contributed by atoms with E-state index in [0.717, 1.165) is 12.8 Å². The van der Waals surface area contributed by atoms with Gasteiger partial charge in [-0.1, -0.05) is 27.9 Å². The van der Waals surface area contributed by atoms with Crippen LogP contribution in [0.2, 0.25) is 0 Å².